The number of nitrogen functional groups attached to an aromatic ring is 1. The van der Waals surface area contributed by atoms with Gasteiger partial charge in [0.15, 0.2) is 6.29 Å². The number of nitrogens with one attached hydrogen (secondary N) is 8. The summed E-state index contributed by atoms with van der Waals surface area (Å²) in [6.07, 6.45) is 12.4. The molecule has 0 saturated carbocycles. The molecule has 5 aromatic heterocycles. The minimum absolute atomic E-state index is 0.127. The third-order valence-electron chi connectivity index (χ3n) is 15.8. The van der Waals surface area contributed by atoms with E-state index in [9.17, 15) is 4.79 Å². The van der Waals surface area contributed by atoms with Crippen LogP contribution < -0.4 is 48.3 Å². The van der Waals surface area contributed by atoms with Gasteiger partial charge in [-0.2, -0.15) is 40.1 Å². The van der Waals surface area contributed by atoms with Crippen molar-refractivity contribution in [2.24, 2.45) is 16.0 Å². The fraction of sp³-hybridized carbons (Fsp3) is 0.130. The number of para-hydroxylation sites is 1. The van der Waals surface area contributed by atoms with Crippen molar-refractivity contribution in [1.82, 2.24) is 44.9 Å². The summed E-state index contributed by atoms with van der Waals surface area (Å²) in [6.45, 7) is 11.2. The zero-order valence-electron chi connectivity index (χ0n) is 56.5. The summed E-state index contributed by atoms with van der Waals surface area (Å²) >= 11 is 23.4. The Hall–Kier alpha value is -11.6. The van der Waals surface area contributed by atoms with Gasteiger partial charge in [-0.05, 0) is 140 Å². The van der Waals surface area contributed by atoms with Crippen LogP contribution in [0.2, 0.25) is 20.7 Å². The minimum atomic E-state index is 0.127. The number of hydrazone groups is 2. The number of H-pyrrole nitrogens is 1. The largest absolute Gasteiger partial charge is 0.378 e. The van der Waals surface area contributed by atoms with Crippen LogP contribution >= 0.6 is 46.4 Å². The maximum absolute atomic E-state index is 10.5. The zero-order chi connectivity index (χ0) is 71.9. The molecule has 6 heterocycles. The van der Waals surface area contributed by atoms with Crippen molar-refractivity contribution in [3.05, 3.63) is 283 Å². The van der Waals surface area contributed by atoms with Crippen LogP contribution in [-0.2, 0) is 17.6 Å². The summed E-state index contributed by atoms with van der Waals surface area (Å²) < 4.78 is 5.49. The first-order valence-corrected chi connectivity index (χ1v) is 34.1. The molecule has 0 spiro atoms. The molecule has 1 saturated heterocycles. The third kappa shape index (κ3) is 21.7. The smallest absolute Gasteiger partial charge is 0.247 e. The molecule has 1 aliphatic heterocycles. The number of hydrazine groups is 1. The molecular formula is C77H72Cl4N20O2. The molecule has 103 heavy (non-hydrogen) atoms. The number of morpholine rings is 1. The number of nitrogens with two attached hydrogens (primary N) is 1. The number of hydrogen-bond acceptors (Lipinski definition) is 21. The van der Waals surface area contributed by atoms with E-state index in [1.54, 1.807) is 30.6 Å². The van der Waals surface area contributed by atoms with Gasteiger partial charge in [0.2, 0.25) is 23.1 Å². The number of carbonyl (C=O) groups excluding carboxylic acids is 1. The highest BCUT2D eigenvalue weighted by Crippen LogP contribution is 2.30. The fourth-order valence-electron chi connectivity index (χ4n) is 10.5. The van der Waals surface area contributed by atoms with E-state index in [-0.39, 0.29) is 11.2 Å². The molecule has 0 atom stereocenters. The highest BCUT2D eigenvalue weighted by molar-refractivity contribution is 6.32. The summed E-state index contributed by atoms with van der Waals surface area (Å²) in [5.74, 6) is 9.62. The molecule has 12 aromatic rings. The molecular weight excluding hydrogens is 1380 g/mol. The Morgan fingerprint density at radius 2 is 0.883 bits per heavy atom. The van der Waals surface area contributed by atoms with Crippen molar-refractivity contribution in [3.8, 4) is 0 Å². The van der Waals surface area contributed by atoms with Crippen LogP contribution in [0.1, 0.15) is 54.9 Å². The number of allylic oxidation sites excluding steroid dienone is 4. The number of aromatic nitrogens is 9. The number of anilines is 12. The van der Waals surface area contributed by atoms with E-state index in [2.05, 4.69) is 160 Å². The molecule has 10 N–H and O–H groups in total. The number of rotatable bonds is 17. The van der Waals surface area contributed by atoms with E-state index in [1.807, 2.05) is 154 Å². The summed E-state index contributed by atoms with van der Waals surface area (Å²) in [5.41, 5.74) is 25.8. The van der Waals surface area contributed by atoms with Gasteiger partial charge in [-0.1, -0.05) is 184 Å². The van der Waals surface area contributed by atoms with E-state index in [0.717, 1.165) is 88.4 Å². The summed E-state index contributed by atoms with van der Waals surface area (Å²) in [7, 11) is 0. The molecule has 7 aromatic carbocycles. The number of nitrogens with zero attached hydrogens (tertiary/aromatic N) is 11. The normalized spacial score (nSPS) is 12.5. The van der Waals surface area contributed by atoms with Gasteiger partial charge in [0.25, 0.3) is 0 Å². The lowest BCUT2D eigenvalue weighted by atomic mass is 10.1. The summed E-state index contributed by atoms with van der Waals surface area (Å²) in [6, 6.07) is 63.4. The molecule has 0 bridgehead atoms. The maximum Gasteiger partial charge on any atom is 0.247 e. The molecule has 0 radical (unpaired) electrons. The number of carbonyl (C=O) groups is 1. The number of fused-ring (bicyclic) bond motifs is 3. The van der Waals surface area contributed by atoms with Gasteiger partial charge in [-0.3, -0.25) is 10.2 Å². The van der Waals surface area contributed by atoms with Gasteiger partial charge >= 0.3 is 0 Å². The van der Waals surface area contributed by atoms with Crippen LogP contribution in [0.4, 0.5) is 69.7 Å². The van der Waals surface area contributed by atoms with Crippen molar-refractivity contribution in [3.63, 3.8) is 0 Å². The Kier molecular flexibility index (Phi) is 25.5. The minimum Gasteiger partial charge on any atom is -0.378 e. The molecule has 22 nitrogen and oxygen atoms in total. The van der Waals surface area contributed by atoms with Crippen LogP contribution in [0.5, 0.6) is 0 Å². The van der Waals surface area contributed by atoms with Crippen LogP contribution in [0, 0.1) is 27.7 Å². The van der Waals surface area contributed by atoms with Gasteiger partial charge in [0.1, 0.15) is 44.5 Å². The topological polar surface area (TPSA) is 283 Å². The zero-order valence-corrected chi connectivity index (χ0v) is 59.5. The number of aromatic amines is 1. The number of aryl methyl sites for hydroxylation is 4. The predicted molar refractivity (Wildman–Crippen MR) is 421 cm³/mol. The van der Waals surface area contributed by atoms with Crippen LogP contribution in [0.25, 0.3) is 22.0 Å². The molecule has 0 unspecified atom stereocenters. The maximum atomic E-state index is 10.5. The second kappa shape index (κ2) is 36.1. The van der Waals surface area contributed by atoms with Crippen LogP contribution in [0.15, 0.2) is 223 Å². The molecule has 3 aliphatic rings. The molecule has 0 amide bonds. The average Bonchev–Trinajstić information content (AvgIpc) is 1.80. The number of aldehydes is 1. The van der Waals surface area contributed by atoms with Gasteiger partial charge < -0.3 is 35.9 Å². The molecule has 2 aliphatic carbocycles. The summed E-state index contributed by atoms with van der Waals surface area (Å²) in [4.78, 5) is 49.4. The van der Waals surface area contributed by atoms with E-state index in [4.69, 9.17) is 62.0 Å². The second-order valence-electron chi connectivity index (χ2n) is 23.5. The van der Waals surface area contributed by atoms with E-state index < -0.39 is 0 Å². The van der Waals surface area contributed by atoms with E-state index in [0.29, 0.717) is 63.8 Å². The fourth-order valence-corrected chi connectivity index (χ4v) is 11.3. The van der Waals surface area contributed by atoms with Gasteiger partial charge in [0.05, 0.1) is 25.6 Å². The SMILES string of the molecule is Cc1ccc(Nc2cc(Cl)nc(Cl)n2)cc1.Cc1ccc(Nc2cc(Cl)nc(N/N=C/C3=CCc4ccccc43)n2)cc1.Cc1ccc(Nc2cc(Cl)nc(NN)n2)cc1.Cc1ccc(Nc2cc(N3CCOCC3)nc(N/N=C/C3=CCc4ccccc43)n2)cc1.O=Cc1c[nH]c2ccccc12. The van der Waals surface area contributed by atoms with Gasteiger partial charge in [-0.25, -0.2) is 26.7 Å². The number of hydrogen-bond donors (Lipinski definition) is 9. The lowest BCUT2D eigenvalue weighted by Gasteiger charge is -2.28. The standard InChI is InChI=1S/C25H26N6O.C21H18ClN5.C11H9Cl2N3.C11H12ClN5.C9H7NO/c1-18-6-10-21(11-7-18)27-23-16-24(31-12-14-32-15-13-31)29-25(28-23)30-26-17-20-9-8-19-4-2-3-5-22(19)20;1-14-6-10-17(11-7-14)24-20-12-19(22)25-21(26-20)27-23-13-16-9-8-15-4-2-3-5-18(15)16;1-7-2-4-8(5-3-7)14-10-6-9(12)15-11(13)16-10;1-7-2-4-8(5-3-7)14-10-6-9(12)15-11(16-10)17-13;11-6-7-5-10-9-4-2-1-3-8(7)9/h2-7,9-11,16-17H,8,12-15H2,1H3,(H2,27,28,29,30);2-7,9-13H,8H2,1H3,(H2,24,25,26,27);2-6H,1H3,(H,14,15,16);2-6H,13H2,1H3,(H2,14,15,16,17);1-6,10H/b26-17+;23-13+;;;. The molecule has 26 heteroatoms. The number of halogens is 4. The van der Waals surface area contributed by atoms with Gasteiger partial charge in [0, 0.05) is 82.8 Å². The number of benzene rings is 7. The van der Waals surface area contributed by atoms with Crippen molar-refractivity contribution in [1.29, 1.82) is 0 Å². The Morgan fingerprint density at radius 1 is 0.476 bits per heavy atom. The molecule has 1 fully saturated rings. The molecule has 520 valence electrons. The van der Waals surface area contributed by atoms with Crippen molar-refractivity contribution >= 4 is 157 Å². The summed E-state index contributed by atoms with van der Waals surface area (Å²) in [5, 5.41) is 23.6. The second-order valence-corrected chi connectivity index (χ2v) is 25.0. The van der Waals surface area contributed by atoms with Crippen LogP contribution in [-0.4, -0.2) is 89.9 Å². The molecule has 15 rings (SSSR count). The van der Waals surface area contributed by atoms with Crippen molar-refractivity contribution in [2.45, 2.75) is 40.5 Å². The predicted octanol–water partition coefficient (Wildman–Crippen LogP) is 17.9. The van der Waals surface area contributed by atoms with Crippen molar-refractivity contribution in [2.75, 3.05) is 68.7 Å². The van der Waals surface area contributed by atoms with E-state index >= 15 is 0 Å². The van der Waals surface area contributed by atoms with E-state index in [1.165, 1.54) is 44.5 Å². The Bertz CT molecular complexity index is 4950. The first-order valence-electron chi connectivity index (χ1n) is 32.6. The first-order chi connectivity index (χ1) is 50.1. The first kappa shape index (κ1) is 72.6. The van der Waals surface area contributed by atoms with Crippen molar-refractivity contribution < 1.29 is 9.53 Å². The average molecular weight is 1450 g/mol. The monoisotopic (exact) mass is 1450 g/mol. The third-order valence-corrected chi connectivity index (χ3v) is 16.5. The Morgan fingerprint density at radius 3 is 1.35 bits per heavy atom. The Labute approximate surface area is 616 Å². The lowest BCUT2D eigenvalue weighted by molar-refractivity contribution is 0.112. The quantitative estimate of drug-likeness (QED) is 0.0102. The Balaban J connectivity index is 0.000000135. The van der Waals surface area contributed by atoms with Gasteiger partial charge in [-0.15, -0.1) is 0 Å². The van der Waals surface area contributed by atoms with Crippen LogP contribution in [0.3, 0.4) is 0 Å². The highest BCUT2D eigenvalue weighted by atomic mass is 35.5. The highest BCUT2D eigenvalue weighted by Gasteiger charge is 2.17. The lowest BCUT2D eigenvalue weighted by Crippen LogP contribution is -2.36. The number of ether oxygens (including phenoxy) is 1.